The zero-order chi connectivity index (χ0) is 22.5. The Morgan fingerprint density at radius 2 is 1.66 bits per heavy atom. The quantitative estimate of drug-likeness (QED) is 0.439. The number of pyridine rings is 1. The summed E-state index contributed by atoms with van der Waals surface area (Å²) in [5.41, 5.74) is 8.65. The highest BCUT2D eigenvalue weighted by molar-refractivity contribution is 8.00. The molecule has 32 heavy (non-hydrogen) atoms. The van der Waals surface area contributed by atoms with E-state index in [-0.39, 0.29) is 0 Å². The smallest absolute Gasteiger partial charge is 0.318 e. The number of nitrogens with one attached hydrogen (secondary N) is 1. The van der Waals surface area contributed by atoms with Crippen molar-refractivity contribution in [3.8, 4) is 17.1 Å². The molecule has 2 aromatic carbocycles. The molecule has 4 rings (SSSR count). The van der Waals surface area contributed by atoms with Crippen molar-refractivity contribution in [3.05, 3.63) is 90.3 Å². The highest BCUT2D eigenvalue weighted by Gasteiger charge is 2.27. The molecule has 0 saturated carbocycles. The van der Waals surface area contributed by atoms with Crippen LogP contribution in [0.3, 0.4) is 0 Å². The van der Waals surface area contributed by atoms with E-state index >= 15 is 0 Å². The second kappa shape index (κ2) is 9.44. The van der Waals surface area contributed by atoms with Gasteiger partial charge in [-0.15, -0.1) is 10.2 Å². The van der Waals surface area contributed by atoms with Crippen LogP contribution in [0, 0.1) is 6.92 Å². The first-order valence-corrected chi connectivity index (χ1v) is 10.7. The van der Waals surface area contributed by atoms with Crippen molar-refractivity contribution in [1.29, 1.82) is 0 Å². The maximum Gasteiger partial charge on any atom is 0.318 e. The van der Waals surface area contributed by atoms with Gasteiger partial charge in [-0.2, -0.15) is 0 Å². The molecule has 3 amide bonds. The number of imide groups is 1. The second-order valence-corrected chi connectivity index (χ2v) is 8.00. The van der Waals surface area contributed by atoms with Gasteiger partial charge in [-0.25, -0.2) is 4.79 Å². The Labute approximate surface area is 188 Å². The predicted octanol–water partition coefficient (Wildman–Crippen LogP) is 3.67. The van der Waals surface area contributed by atoms with Crippen LogP contribution >= 0.6 is 11.8 Å². The van der Waals surface area contributed by atoms with Crippen LogP contribution in [0.5, 0.6) is 0 Å². The van der Waals surface area contributed by atoms with E-state index in [9.17, 15) is 9.59 Å². The summed E-state index contributed by atoms with van der Waals surface area (Å²) < 4.78 is 1.91. The monoisotopic (exact) mass is 444 g/mol. The standard InChI is InChI=1S/C23H20N6O2S/c1-15-7-5-6-10-18(15)29-20(17-11-13-25-14-12-17)27-28-23(29)32-19(21(30)26-22(24)31)16-8-3-2-4-9-16/h2-14,19H,1H3,(H3,24,26,30,31)/t19-/m1/s1. The Kier molecular flexibility index (Phi) is 6.27. The fourth-order valence-electron chi connectivity index (χ4n) is 3.26. The summed E-state index contributed by atoms with van der Waals surface area (Å²) in [7, 11) is 0. The molecule has 0 fully saturated rings. The Bertz CT molecular complexity index is 1240. The molecule has 3 N–H and O–H groups in total. The number of hydrogen-bond acceptors (Lipinski definition) is 6. The van der Waals surface area contributed by atoms with Gasteiger partial charge in [0.25, 0.3) is 0 Å². The van der Waals surface area contributed by atoms with E-state index in [0.717, 1.165) is 16.8 Å². The first kappa shape index (κ1) is 21.3. The van der Waals surface area contributed by atoms with Crippen molar-refractivity contribution < 1.29 is 9.59 Å². The van der Waals surface area contributed by atoms with Gasteiger partial charge in [0, 0.05) is 18.0 Å². The number of para-hydroxylation sites is 1. The van der Waals surface area contributed by atoms with E-state index in [0.29, 0.717) is 16.5 Å². The number of amides is 3. The number of hydrogen-bond donors (Lipinski definition) is 2. The molecule has 0 spiro atoms. The van der Waals surface area contributed by atoms with Crippen LogP contribution in [0.2, 0.25) is 0 Å². The molecule has 0 bridgehead atoms. The number of thioether (sulfide) groups is 1. The third-order valence-electron chi connectivity index (χ3n) is 4.74. The van der Waals surface area contributed by atoms with Crippen LogP contribution in [0.25, 0.3) is 17.1 Å². The molecule has 0 radical (unpaired) electrons. The molecule has 0 aliphatic rings. The number of carbonyl (C=O) groups is 2. The minimum Gasteiger partial charge on any atom is -0.351 e. The summed E-state index contributed by atoms with van der Waals surface area (Å²) in [6.07, 6.45) is 3.37. The fraction of sp³-hybridized carbons (Fsp3) is 0.0870. The first-order valence-electron chi connectivity index (χ1n) is 9.78. The van der Waals surface area contributed by atoms with Gasteiger partial charge in [0.15, 0.2) is 11.0 Å². The highest BCUT2D eigenvalue weighted by atomic mass is 32.2. The van der Waals surface area contributed by atoms with Crippen LogP contribution < -0.4 is 11.1 Å². The molecular weight excluding hydrogens is 424 g/mol. The van der Waals surface area contributed by atoms with E-state index in [1.165, 1.54) is 11.8 Å². The summed E-state index contributed by atoms with van der Waals surface area (Å²) in [5, 5.41) is 10.7. The average Bonchev–Trinajstić information content (AvgIpc) is 3.22. The lowest BCUT2D eigenvalue weighted by molar-refractivity contribution is -0.119. The summed E-state index contributed by atoms with van der Waals surface area (Å²) in [6, 6.07) is 19.8. The van der Waals surface area contributed by atoms with Crippen LogP contribution in [0.1, 0.15) is 16.4 Å². The van der Waals surface area contributed by atoms with Gasteiger partial charge in [0.2, 0.25) is 5.91 Å². The number of carbonyl (C=O) groups excluding carboxylic acids is 2. The maximum absolute atomic E-state index is 12.9. The first-order chi connectivity index (χ1) is 15.5. The van der Waals surface area contributed by atoms with Gasteiger partial charge in [0.05, 0.1) is 5.69 Å². The second-order valence-electron chi connectivity index (χ2n) is 6.93. The lowest BCUT2D eigenvalue weighted by Crippen LogP contribution is -2.37. The van der Waals surface area contributed by atoms with Gasteiger partial charge >= 0.3 is 6.03 Å². The van der Waals surface area contributed by atoms with E-state index in [2.05, 4.69) is 20.5 Å². The van der Waals surface area contributed by atoms with Gasteiger partial charge < -0.3 is 5.73 Å². The largest absolute Gasteiger partial charge is 0.351 e. The van der Waals surface area contributed by atoms with E-state index in [4.69, 9.17) is 5.73 Å². The summed E-state index contributed by atoms with van der Waals surface area (Å²) >= 11 is 1.19. The number of aryl methyl sites for hydroxylation is 1. The SMILES string of the molecule is Cc1ccccc1-n1c(S[C@@H](C(=O)NC(N)=O)c2ccccc2)nnc1-c1ccncc1. The summed E-state index contributed by atoms with van der Waals surface area (Å²) in [4.78, 5) is 28.3. The third kappa shape index (κ3) is 4.52. The van der Waals surface area contributed by atoms with Crippen molar-refractivity contribution in [2.24, 2.45) is 5.73 Å². The minimum absolute atomic E-state index is 0.500. The Hall–Kier alpha value is -3.98. The Morgan fingerprint density at radius 1 is 0.969 bits per heavy atom. The van der Waals surface area contributed by atoms with Gasteiger partial charge in [0.1, 0.15) is 5.25 Å². The topological polar surface area (TPSA) is 116 Å². The number of rotatable bonds is 6. The minimum atomic E-state index is -0.908. The fourth-order valence-corrected chi connectivity index (χ4v) is 4.31. The molecule has 0 aliphatic carbocycles. The zero-order valence-electron chi connectivity index (χ0n) is 17.2. The Morgan fingerprint density at radius 3 is 2.34 bits per heavy atom. The van der Waals surface area contributed by atoms with Gasteiger partial charge in [-0.05, 0) is 36.2 Å². The molecule has 2 aromatic heterocycles. The van der Waals surface area contributed by atoms with Crippen molar-refractivity contribution >= 4 is 23.7 Å². The molecular formula is C23H20N6O2S. The molecule has 0 aliphatic heterocycles. The van der Waals surface area contributed by atoms with E-state index < -0.39 is 17.2 Å². The number of urea groups is 1. The maximum atomic E-state index is 12.9. The van der Waals surface area contributed by atoms with Crippen LogP contribution in [0.4, 0.5) is 4.79 Å². The highest BCUT2D eigenvalue weighted by Crippen LogP contribution is 2.38. The number of aromatic nitrogens is 4. The van der Waals surface area contributed by atoms with Crippen LogP contribution in [-0.2, 0) is 4.79 Å². The van der Waals surface area contributed by atoms with Crippen molar-refractivity contribution in [2.75, 3.05) is 0 Å². The van der Waals surface area contributed by atoms with Crippen molar-refractivity contribution in [3.63, 3.8) is 0 Å². The predicted molar refractivity (Wildman–Crippen MR) is 122 cm³/mol. The van der Waals surface area contributed by atoms with E-state index in [1.54, 1.807) is 12.4 Å². The number of benzene rings is 2. The lowest BCUT2D eigenvalue weighted by atomic mass is 10.1. The van der Waals surface area contributed by atoms with E-state index in [1.807, 2.05) is 78.2 Å². The molecule has 4 aromatic rings. The summed E-state index contributed by atoms with van der Waals surface area (Å²) in [6.45, 7) is 1.99. The molecule has 0 saturated heterocycles. The molecule has 1 atom stereocenters. The summed E-state index contributed by atoms with van der Waals surface area (Å²) in [5.74, 6) is 0.0878. The van der Waals surface area contributed by atoms with Crippen molar-refractivity contribution in [2.45, 2.75) is 17.3 Å². The number of nitrogens with zero attached hydrogens (tertiary/aromatic N) is 4. The molecule has 0 unspecified atom stereocenters. The molecule has 160 valence electrons. The molecule has 9 heteroatoms. The van der Waals surface area contributed by atoms with Crippen LogP contribution in [0.15, 0.2) is 84.3 Å². The Balaban J connectivity index is 1.83. The zero-order valence-corrected chi connectivity index (χ0v) is 18.0. The normalized spacial score (nSPS) is 11.7. The van der Waals surface area contributed by atoms with Gasteiger partial charge in [-0.1, -0.05) is 60.3 Å². The average molecular weight is 445 g/mol. The van der Waals surface area contributed by atoms with Gasteiger partial charge in [-0.3, -0.25) is 19.7 Å². The number of nitrogens with two attached hydrogens (primary N) is 1. The lowest BCUT2D eigenvalue weighted by Gasteiger charge is -2.17. The molecule has 2 heterocycles. The van der Waals surface area contributed by atoms with Crippen LogP contribution in [-0.4, -0.2) is 31.7 Å². The van der Waals surface area contributed by atoms with Crippen molar-refractivity contribution in [1.82, 2.24) is 25.1 Å². The molecule has 8 nitrogen and oxygen atoms in total. The third-order valence-corrected chi connectivity index (χ3v) is 5.94. The number of primary amides is 1.